The number of hydrogen-bond donors (Lipinski definition) is 0. The second-order valence-electron chi connectivity index (χ2n) is 8.36. The summed E-state index contributed by atoms with van der Waals surface area (Å²) in [5.74, 6) is -2.17. The van der Waals surface area contributed by atoms with Gasteiger partial charge in [-0.15, -0.1) is 0 Å². The Labute approximate surface area is 206 Å². The zero-order valence-electron chi connectivity index (χ0n) is 19.6. The smallest absolute Gasteiger partial charge is 0.417 e. The molecule has 2 aromatic carbocycles. The van der Waals surface area contributed by atoms with Crippen LogP contribution in [0.5, 0.6) is 6.01 Å². The summed E-state index contributed by atoms with van der Waals surface area (Å²) < 4.78 is 24.4. The molecule has 4 rings (SSSR count). The number of aromatic nitrogens is 2. The highest BCUT2D eigenvalue weighted by Gasteiger charge is 2.44. The highest BCUT2D eigenvalue weighted by Crippen LogP contribution is 2.35. The summed E-state index contributed by atoms with van der Waals surface area (Å²) in [7, 11) is 0. The number of rotatable bonds is 8. The molecular formula is C25H23FN6O4. The van der Waals surface area contributed by atoms with Gasteiger partial charge in [-0.05, 0) is 48.2 Å². The molecule has 1 fully saturated rings. The van der Waals surface area contributed by atoms with Crippen LogP contribution in [-0.2, 0) is 9.53 Å². The Morgan fingerprint density at radius 2 is 1.81 bits per heavy atom. The van der Waals surface area contributed by atoms with Crippen molar-refractivity contribution in [3.63, 3.8) is 0 Å². The topological polar surface area (TPSA) is 130 Å². The van der Waals surface area contributed by atoms with Gasteiger partial charge < -0.3 is 9.47 Å². The van der Waals surface area contributed by atoms with Crippen molar-refractivity contribution in [3.8, 4) is 6.01 Å². The molecule has 1 aliphatic rings. The van der Waals surface area contributed by atoms with E-state index in [1.54, 1.807) is 24.3 Å². The van der Waals surface area contributed by atoms with E-state index in [9.17, 15) is 19.5 Å². The standard InChI is InChI=1S/C25H23FN6O4/c1-15(2)36-24-28-12-18(13-29-24)21(17-8-10-19(26)11-9-17)22(30-31-27)23(33)32-20(14-35-25(32)34)16-6-4-3-5-7-16/h3-13,15,20-22H,14H2,1-2H3/t20?,21-,22-/m0/s1. The molecule has 2 amide bonds. The first-order chi connectivity index (χ1) is 17.4. The Morgan fingerprint density at radius 3 is 2.42 bits per heavy atom. The molecule has 0 radical (unpaired) electrons. The number of imide groups is 1. The number of azide groups is 1. The van der Waals surface area contributed by atoms with Crippen molar-refractivity contribution in [3.05, 3.63) is 99.9 Å². The largest absolute Gasteiger partial charge is 0.461 e. The summed E-state index contributed by atoms with van der Waals surface area (Å²) in [4.78, 5) is 38.7. The quantitative estimate of drug-likeness (QED) is 0.250. The maximum Gasteiger partial charge on any atom is 0.417 e. The van der Waals surface area contributed by atoms with Crippen LogP contribution in [0.25, 0.3) is 10.4 Å². The molecule has 184 valence electrons. The fourth-order valence-electron chi connectivity index (χ4n) is 4.03. The molecule has 1 unspecified atom stereocenters. The minimum atomic E-state index is -1.42. The van der Waals surface area contributed by atoms with Crippen molar-refractivity contribution in [2.24, 2.45) is 5.11 Å². The van der Waals surface area contributed by atoms with Crippen molar-refractivity contribution in [2.45, 2.75) is 38.0 Å². The van der Waals surface area contributed by atoms with Crippen LogP contribution in [-0.4, -0.2) is 45.6 Å². The van der Waals surface area contributed by atoms with E-state index >= 15 is 0 Å². The average Bonchev–Trinajstić information content (AvgIpc) is 3.27. The van der Waals surface area contributed by atoms with E-state index in [1.165, 1.54) is 36.7 Å². The van der Waals surface area contributed by atoms with Crippen LogP contribution in [0.15, 0.2) is 72.1 Å². The van der Waals surface area contributed by atoms with Gasteiger partial charge in [-0.2, -0.15) is 0 Å². The molecule has 3 atom stereocenters. The Morgan fingerprint density at radius 1 is 1.14 bits per heavy atom. The highest BCUT2D eigenvalue weighted by atomic mass is 19.1. The lowest BCUT2D eigenvalue weighted by Gasteiger charge is -2.28. The van der Waals surface area contributed by atoms with Crippen LogP contribution in [0, 0.1) is 5.82 Å². The van der Waals surface area contributed by atoms with Crippen LogP contribution >= 0.6 is 0 Å². The van der Waals surface area contributed by atoms with Gasteiger partial charge in [-0.25, -0.2) is 24.1 Å². The summed E-state index contributed by atoms with van der Waals surface area (Å²) in [5, 5.41) is 3.78. The minimum absolute atomic E-state index is 0.0386. The van der Waals surface area contributed by atoms with Crippen LogP contribution in [0.4, 0.5) is 9.18 Å². The average molecular weight is 490 g/mol. The van der Waals surface area contributed by atoms with Gasteiger partial charge in [0.05, 0.1) is 6.10 Å². The summed E-state index contributed by atoms with van der Waals surface area (Å²) in [6.07, 6.45) is 1.89. The van der Waals surface area contributed by atoms with Gasteiger partial charge in [-0.3, -0.25) is 4.79 Å². The van der Waals surface area contributed by atoms with E-state index in [0.717, 1.165) is 4.90 Å². The molecule has 3 aromatic rings. The molecule has 10 nitrogen and oxygen atoms in total. The lowest BCUT2D eigenvalue weighted by atomic mass is 9.85. The zero-order valence-corrected chi connectivity index (χ0v) is 19.6. The lowest BCUT2D eigenvalue weighted by molar-refractivity contribution is -0.130. The van der Waals surface area contributed by atoms with Crippen LogP contribution in [0.2, 0.25) is 0 Å². The molecular weight excluding hydrogens is 467 g/mol. The predicted octanol–water partition coefficient (Wildman–Crippen LogP) is 4.93. The number of amides is 2. The molecule has 0 aliphatic carbocycles. The van der Waals surface area contributed by atoms with E-state index in [0.29, 0.717) is 16.7 Å². The van der Waals surface area contributed by atoms with Crippen molar-refractivity contribution in [1.82, 2.24) is 14.9 Å². The Balaban J connectivity index is 1.77. The Kier molecular flexibility index (Phi) is 7.41. The van der Waals surface area contributed by atoms with Gasteiger partial charge in [-0.1, -0.05) is 47.6 Å². The molecule has 1 aliphatic heterocycles. The van der Waals surface area contributed by atoms with Gasteiger partial charge in [0.2, 0.25) is 5.91 Å². The van der Waals surface area contributed by atoms with E-state index in [2.05, 4.69) is 20.0 Å². The molecule has 0 saturated carbocycles. The number of hydrogen-bond acceptors (Lipinski definition) is 7. The zero-order chi connectivity index (χ0) is 25.7. The van der Waals surface area contributed by atoms with Gasteiger partial charge in [0.1, 0.15) is 24.5 Å². The molecule has 0 bridgehead atoms. The van der Waals surface area contributed by atoms with Crippen LogP contribution < -0.4 is 4.74 Å². The van der Waals surface area contributed by atoms with Gasteiger partial charge >= 0.3 is 12.1 Å². The summed E-state index contributed by atoms with van der Waals surface area (Å²) >= 11 is 0. The fourth-order valence-corrected chi connectivity index (χ4v) is 4.03. The Hall–Kier alpha value is -4.50. The number of carbonyl (C=O) groups is 2. The first-order valence-electron chi connectivity index (χ1n) is 11.2. The van der Waals surface area contributed by atoms with Crippen LogP contribution in [0.1, 0.15) is 42.5 Å². The number of benzene rings is 2. The molecule has 0 N–H and O–H groups in total. The van der Waals surface area contributed by atoms with Gasteiger partial charge in [0.15, 0.2) is 0 Å². The molecule has 0 spiro atoms. The SMILES string of the molecule is CC(C)Oc1ncc([C@H](c2ccc(F)cc2)[C@H](N=[N+]=[N-])C(=O)N2C(=O)OCC2c2ccccc2)cn1. The minimum Gasteiger partial charge on any atom is -0.461 e. The van der Waals surface area contributed by atoms with Crippen molar-refractivity contribution in [1.29, 1.82) is 0 Å². The van der Waals surface area contributed by atoms with Gasteiger partial charge in [0.25, 0.3) is 0 Å². The third-order valence-corrected chi connectivity index (χ3v) is 5.62. The van der Waals surface area contributed by atoms with Gasteiger partial charge in [0, 0.05) is 23.2 Å². The maximum absolute atomic E-state index is 13.8. The predicted molar refractivity (Wildman–Crippen MR) is 126 cm³/mol. The number of ether oxygens (including phenoxy) is 2. The van der Waals surface area contributed by atoms with E-state index in [4.69, 9.17) is 9.47 Å². The highest BCUT2D eigenvalue weighted by molar-refractivity contribution is 5.97. The molecule has 2 heterocycles. The monoisotopic (exact) mass is 490 g/mol. The van der Waals surface area contributed by atoms with Crippen molar-refractivity contribution < 1.29 is 23.5 Å². The first-order valence-corrected chi connectivity index (χ1v) is 11.2. The van der Waals surface area contributed by atoms with Crippen molar-refractivity contribution in [2.75, 3.05) is 6.61 Å². The number of nitrogens with zero attached hydrogens (tertiary/aromatic N) is 6. The molecule has 1 aromatic heterocycles. The molecule has 36 heavy (non-hydrogen) atoms. The Bertz CT molecular complexity index is 1260. The molecule has 11 heteroatoms. The second kappa shape index (κ2) is 10.8. The lowest BCUT2D eigenvalue weighted by Crippen LogP contribution is -2.43. The fraction of sp³-hybridized carbons (Fsp3) is 0.280. The number of carbonyl (C=O) groups excluding carboxylic acids is 2. The van der Waals surface area contributed by atoms with E-state index < -0.39 is 35.8 Å². The summed E-state index contributed by atoms with van der Waals surface area (Å²) in [5.41, 5.74) is 10.9. The summed E-state index contributed by atoms with van der Waals surface area (Å²) in [6.45, 7) is 3.61. The first kappa shape index (κ1) is 24.6. The number of halogens is 1. The van der Waals surface area contributed by atoms with Crippen molar-refractivity contribution >= 4 is 12.0 Å². The maximum atomic E-state index is 13.8. The number of cyclic esters (lactones) is 1. The van der Waals surface area contributed by atoms with Crippen LogP contribution in [0.3, 0.4) is 0 Å². The second-order valence-corrected chi connectivity index (χ2v) is 8.36. The van der Waals surface area contributed by atoms with E-state index in [1.807, 2.05) is 19.9 Å². The summed E-state index contributed by atoms with van der Waals surface area (Å²) in [6, 6.07) is 12.3. The molecule has 1 saturated heterocycles. The third kappa shape index (κ3) is 5.26. The third-order valence-electron chi connectivity index (χ3n) is 5.62. The normalized spacial score (nSPS) is 16.7. The van der Waals surface area contributed by atoms with E-state index in [-0.39, 0.29) is 18.7 Å².